The van der Waals surface area contributed by atoms with Crippen molar-refractivity contribution in [3.05, 3.63) is 35.4 Å². The van der Waals surface area contributed by atoms with Gasteiger partial charge in [-0.25, -0.2) is 4.79 Å². The van der Waals surface area contributed by atoms with Crippen molar-refractivity contribution in [2.75, 3.05) is 7.11 Å². The molecule has 1 aliphatic rings. The number of aryl methyl sites for hydroxylation is 1. The molecule has 0 radical (unpaired) electrons. The molecular weight excluding hydrogens is 301 g/mol. The maximum atomic E-state index is 13.4. The molecule has 4 nitrogen and oxygen atoms in total. The molecular formula is C15H15F3O4. The standard InChI is InChI=1S/C15H15F3O4/c1-13(14(21,12(20)22-2)15(16,17)18)8-7-9-5-3-4-6-10(9)11(13)19/h3-6,21H,7-8H2,1-2H3/t13-,14+/m0/s1. The molecule has 0 heterocycles. The first-order valence-corrected chi connectivity index (χ1v) is 6.60. The van der Waals surface area contributed by atoms with Gasteiger partial charge >= 0.3 is 12.1 Å². The Labute approximate surface area is 124 Å². The number of ketones is 1. The minimum absolute atomic E-state index is 0.0860. The van der Waals surface area contributed by atoms with Gasteiger partial charge < -0.3 is 9.84 Å². The number of Topliss-reactive ketones (excluding diaryl/α,β-unsaturated/α-hetero) is 1. The molecule has 1 aliphatic carbocycles. The van der Waals surface area contributed by atoms with E-state index in [1.807, 2.05) is 0 Å². The van der Waals surface area contributed by atoms with Gasteiger partial charge in [0.05, 0.1) is 12.5 Å². The number of esters is 1. The first-order chi connectivity index (χ1) is 10.1. The molecule has 0 unspecified atom stereocenters. The Bertz CT molecular complexity index is 625. The van der Waals surface area contributed by atoms with E-state index < -0.39 is 28.9 Å². The molecule has 0 spiro atoms. The van der Waals surface area contributed by atoms with Crippen LogP contribution in [0.3, 0.4) is 0 Å². The fourth-order valence-corrected chi connectivity index (χ4v) is 2.90. The topological polar surface area (TPSA) is 63.6 Å². The maximum absolute atomic E-state index is 13.4. The maximum Gasteiger partial charge on any atom is 0.429 e. The summed E-state index contributed by atoms with van der Waals surface area (Å²) < 4.78 is 44.4. The number of halogens is 3. The van der Waals surface area contributed by atoms with Crippen molar-refractivity contribution < 1.29 is 32.6 Å². The lowest BCUT2D eigenvalue weighted by Crippen LogP contribution is -2.66. The van der Waals surface area contributed by atoms with Gasteiger partial charge in [0.2, 0.25) is 0 Å². The summed E-state index contributed by atoms with van der Waals surface area (Å²) in [5, 5.41) is 10.2. The summed E-state index contributed by atoms with van der Waals surface area (Å²) in [7, 11) is 0.740. The van der Waals surface area contributed by atoms with Crippen LogP contribution in [-0.4, -0.2) is 35.7 Å². The monoisotopic (exact) mass is 316 g/mol. The molecule has 0 saturated carbocycles. The Balaban J connectivity index is 2.63. The number of ether oxygens (including phenoxy) is 1. The molecule has 0 aromatic heterocycles. The van der Waals surface area contributed by atoms with Crippen molar-refractivity contribution in [3.8, 4) is 0 Å². The Kier molecular flexibility index (Phi) is 3.81. The zero-order chi connectivity index (χ0) is 16.8. The molecule has 2 atom stereocenters. The molecule has 120 valence electrons. The molecule has 2 rings (SSSR count). The van der Waals surface area contributed by atoms with Gasteiger partial charge in [0.1, 0.15) is 0 Å². The molecule has 0 amide bonds. The van der Waals surface area contributed by atoms with Crippen LogP contribution in [0.4, 0.5) is 13.2 Å². The Morgan fingerprint density at radius 2 is 1.91 bits per heavy atom. The number of fused-ring (bicyclic) bond motifs is 1. The highest BCUT2D eigenvalue weighted by atomic mass is 19.4. The van der Waals surface area contributed by atoms with Gasteiger partial charge in [0.15, 0.2) is 5.78 Å². The summed E-state index contributed by atoms with van der Waals surface area (Å²) >= 11 is 0. The first kappa shape index (κ1) is 16.5. The van der Waals surface area contributed by atoms with Crippen LogP contribution in [0, 0.1) is 5.41 Å². The Hall–Kier alpha value is -1.89. The average Bonchev–Trinajstić information content (AvgIpc) is 2.48. The van der Waals surface area contributed by atoms with Crippen LogP contribution >= 0.6 is 0 Å². The van der Waals surface area contributed by atoms with E-state index in [-0.39, 0.29) is 18.4 Å². The molecule has 0 aliphatic heterocycles. The van der Waals surface area contributed by atoms with E-state index in [9.17, 15) is 27.9 Å². The van der Waals surface area contributed by atoms with Gasteiger partial charge in [0, 0.05) is 5.56 Å². The largest absolute Gasteiger partial charge is 0.467 e. The number of carbonyl (C=O) groups is 2. The SMILES string of the molecule is COC(=O)[C@](O)(C(F)(F)F)[C@@]1(C)CCc2ccccc2C1=O. The van der Waals surface area contributed by atoms with Crippen LogP contribution in [0.5, 0.6) is 0 Å². The number of carbonyl (C=O) groups excluding carboxylic acids is 2. The summed E-state index contributed by atoms with van der Waals surface area (Å²) in [6.07, 6.45) is -5.50. The predicted molar refractivity (Wildman–Crippen MR) is 70.2 cm³/mol. The van der Waals surface area contributed by atoms with Crippen LogP contribution in [0.2, 0.25) is 0 Å². The number of aliphatic hydroxyl groups is 1. The van der Waals surface area contributed by atoms with Gasteiger partial charge in [-0.1, -0.05) is 24.3 Å². The first-order valence-electron chi connectivity index (χ1n) is 6.60. The van der Waals surface area contributed by atoms with Gasteiger partial charge in [-0.15, -0.1) is 0 Å². The van der Waals surface area contributed by atoms with Gasteiger partial charge in [0.25, 0.3) is 5.60 Å². The van der Waals surface area contributed by atoms with Crippen molar-refractivity contribution >= 4 is 11.8 Å². The van der Waals surface area contributed by atoms with Crippen LogP contribution in [-0.2, 0) is 16.0 Å². The van der Waals surface area contributed by atoms with Crippen molar-refractivity contribution in [1.82, 2.24) is 0 Å². The molecule has 7 heteroatoms. The van der Waals surface area contributed by atoms with Crippen molar-refractivity contribution in [2.45, 2.75) is 31.5 Å². The molecule has 0 bridgehead atoms. The minimum Gasteiger partial charge on any atom is -0.467 e. The van der Waals surface area contributed by atoms with Crippen molar-refractivity contribution in [2.24, 2.45) is 5.41 Å². The summed E-state index contributed by atoms with van der Waals surface area (Å²) in [5.41, 5.74) is -5.55. The molecule has 1 aromatic rings. The molecule has 1 aromatic carbocycles. The third kappa shape index (κ3) is 2.03. The number of benzene rings is 1. The molecule has 0 saturated heterocycles. The highest BCUT2D eigenvalue weighted by molar-refractivity contribution is 6.06. The average molecular weight is 316 g/mol. The van der Waals surface area contributed by atoms with E-state index >= 15 is 0 Å². The highest BCUT2D eigenvalue weighted by Crippen LogP contribution is 2.51. The second-order valence-corrected chi connectivity index (χ2v) is 5.52. The second-order valence-electron chi connectivity index (χ2n) is 5.52. The van der Waals surface area contributed by atoms with E-state index in [4.69, 9.17) is 0 Å². The minimum atomic E-state index is -5.34. The van der Waals surface area contributed by atoms with Crippen molar-refractivity contribution in [1.29, 1.82) is 0 Å². The van der Waals surface area contributed by atoms with Crippen LogP contribution < -0.4 is 0 Å². The highest BCUT2D eigenvalue weighted by Gasteiger charge is 2.73. The smallest absolute Gasteiger partial charge is 0.429 e. The third-order valence-corrected chi connectivity index (χ3v) is 4.35. The molecule has 22 heavy (non-hydrogen) atoms. The zero-order valence-electron chi connectivity index (χ0n) is 12.0. The second kappa shape index (κ2) is 5.08. The van der Waals surface area contributed by atoms with Gasteiger partial charge in [-0.3, -0.25) is 4.79 Å². The van der Waals surface area contributed by atoms with E-state index in [0.717, 1.165) is 14.0 Å². The fraction of sp³-hybridized carbons (Fsp3) is 0.467. The van der Waals surface area contributed by atoms with Crippen LogP contribution in [0.15, 0.2) is 24.3 Å². The van der Waals surface area contributed by atoms with E-state index in [1.54, 1.807) is 12.1 Å². The number of methoxy groups -OCH3 is 1. The summed E-state index contributed by atoms with van der Waals surface area (Å²) in [5.74, 6) is -2.80. The summed E-state index contributed by atoms with van der Waals surface area (Å²) in [6.45, 7) is 0.954. The summed E-state index contributed by atoms with van der Waals surface area (Å²) in [4.78, 5) is 24.3. The Morgan fingerprint density at radius 3 is 2.45 bits per heavy atom. The molecule has 0 fully saturated rings. The third-order valence-electron chi connectivity index (χ3n) is 4.35. The Morgan fingerprint density at radius 1 is 1.32 bits per heavy atom. The lowest BCUT2D eigenvalue weighted by atomic mass is 9.61. The quantitative estimate of drug-likeness (QED) is 0.850. The number of rotatable bonds is 2. The number of hydrogen-bond acceptors (Lipinski definition) is 4. The lowest BCUT2D eigenvalue weighted by Gasteiger charge is -2.44. The van der Waals surface area contributed by atoms with Crippen molar-refractivity contribution in [3.63, 3.8) is 0 Å². The fourth-order valence-electron chi connectivity index (χ4n) is 2.90. The predicted octanol–water partition coefficient (Wildman–Crippen LogP) is 2.29. The van der Waals surface area contributed by atoms with Crippen LogP contribution in [0.25, 0.3) is 0 Å². The normalized spacial score (nSPS) is 24.4. The lowest BCUT2D eigenvalue weighted by molar-refractivity contribution is -0.287. The van der Waals surface area contributed by atoms with Crippen LogP contribution in [0.1, 0.15) is 29.3 Å². The van der Waals surface area contributed by atoms with E-state index in [0.29, 0.717) is 5.56 Å². The van der Waals surface area contributed by atoms with E-state index in [1.165, 1.54) is 12.1 Å². The van der Waals surface area contributed by atoms with Gasteiger partial charge in [-0.05, 0) is 25.3 Å². The summed E-state index contributed by atoms with van der Waals surface area (Å²) in [6, 6.07) is 6.22. The number of alkyl halides is 3. The zero-order valence-corrected chi connectivity index (χ0v) is 12.0. The van der Waals surface area contributed by atoms with Gasteiger partial charge in [-0.2, -0.15) is 13.2 Å². The van der Waals surface area contributed by atoms with E-state index in [2.05, 4.69) is 4.74 Å². The number of hydrogen-bond donors (Lipinski definition) is 1. The molecule has 1 N–H and O–H groups in total.